The fourth-order valence-electron chi connectivity index (χ4n) is 5.33. The van der Waals surface area contributed by atoms with Crippen LogP contribution in [0, 0.1) is 5.41 Å². The van der Waals surface area contributed by atoms with Gasteiger partial charge in [-0.05, 0) is 62.8 Å². The van der Waals surface area contributed by atoms with Crippen LogP contribution in [-0.4, -0.2) is 67.4 Å². The number of benzene rings is 1. The molecule has 0 aromatic heterocycles. The number of piperidine rings is 1. The number of carbonyl (C=O) groups is 2. The summed E-state index contributed by atoms with van der Waals surface area (Å²) >= 11 is 0. The Hall–Kier alpha value is -2.28. The summed E-state index contributed by atoms with van der Waals surface area (Å²) in [6.45, 7) is 6.51. The molecule has 1 N–H and O–H groups in total. The van der Waals surface area contributed by atoms with Crippen molar-refractivity contribution in [3.8, 4) is 0 Å². The van der Waals surface area contributed by atoms with E-state index in [0.29, 0.717) is 24.2 Å². The molecule has 3 aliphatic heterocycles. The first kappa shape index (κ1) is 21.0. The van der Waals surface area contributed by atoms with Crippen molar-refractivity contribution >= 4 is 23.4 Å². The maximum absolute atomic E-state index is 13.4. The molecule has 1 aromatic carbocycles. The van der Waals surface area contributed by atoms with Crippen molar-refractivity contribution in [1.82, 2.24) is 4.90 Å². The first-order chi connectivity index (χ1) is 14.5. The number of hydrogen-bond donors (Lipinski definition) is 1. The molecule has 2 amide bonds. The van der Waals surface area contributed by atoms with Crippen molar-refractivity contribution in [2.24, 2.45) is 5.41 Å². The predicted octanol–water partition coefficient (Wildman–Crippen LogP) is 3.58. The molecule has 30 heavy (non-hydrogen) atoms. The molecule has 3 heterocycles. The molecule has 3 aliphatic rings. The molecule has 164 valence electrons. The van der Waals surface area contributed by atoms with Gasteiger partial charge in [0.1, 0.15) is 0 Å². The SMILES string of the molecule is CCCN(C(=O)O)c1ccc(N2CCC[C@]3(CCN(C4CCOCC4)C3=O)C2)cc1. The van der Waals surface area contributed by atoms with Crippen LogP contribution in [0.25, 0.3) is 0 Å². The van der Waals surface area contributed by atoms with E-state index in [1.54, 1.807) is 0 Å². The molecule has 0 radical (unpaired) electrons. The highest BCUT2D eigenvalue weighted by Crippen LogP contribution is 2.43. The minimum atomic E-state index is -0.925. The predicted molar refractivity (Wildman–Crippen MR) is 116 cm³/mol. The zero-order chi connectivity index (χ0) is 21.1. The van der Waals surface area contributed by atoms with Crippen LogP contribution in [0.4, 0.5) is 16.2 Å². The van der Waals surface area contributed by atoms with Gasteiger partial charge in [0.15, 0.2) is 0 Å². The number of rotatable bonds is 5. The van der Waals surface area contributed by atoms with Gasteiger partial charge in [-0.1, -0.05) is 6.92 Å². The molecule has 7 heteroatoms. The monoisotopic (exact) mass is 415 g/mol. The third-order valence-electron chi connectivity index (χ3n) is 6.96. The minimum Gasteiger partial charge on any atom is -0.465 e. The van der Waals surface area contributed by atoms with Gasteiger partial charge in [0.05, 0.1) is 5.41 Å². The van der Waals surface area contributed by atoms with E-state index >= 15 is 0 Å². The van der Waals surface area contributed by atoms with Gasteiger partial charge in [-0.2, -0.15) is 0 Å². The van der Waals surface area contributed by atoms with Gasteiger partial charge >= 0.3 is 6.09 Å². The average molecular weight is 416 g/mol. The Morgan fingerprint density at radius 2 is 1.93 bits per heavy atom. The molecule has 4 rings (SSSR count). The van der Waals surface area contributed by atoms with E-state index in [1.165, 1.54) is 4.90 Å². The summed E-state index contributed by atoms with van der Waals surface area (Å²) in [5, 5.41) is 9.44. The van der Waals surface area contributed by atoms with Crippen LogP contribution in [0.3, 0.4) is 0 Å². The molecule has 1 spiro atoms. The molecule has 0 saturated carbocycles. The van der Waals surface area contributed by atoms with Crippen LogP contribution in [0.5, 0.6) is 0 Å². The maximum Gasteiger partial charge on any atom is 0.411 e. The summed E-state index contributed by atoms with van der Waals surface area (Å²) in [6, 6.07) is 8.09. The first-order valence-electron chi connectivity index (χ1n) is 11.3. The van der Waals surface area contributed by atoms with E-state index in [2.05, 4.69) is 9.80 Å². The second kappa shape index (κ2) is 8.84. The largest absolute Gasteiger partial charge is 0.465 e. The van der Waals surface area contributed by atoms with E-state index in [1.807, 2.05) is 31.2 Å². The lowest BCUT2D eigenvalue weighted by atomic mass is 9.78. The van der Waals surface area contributed by atoms with Crippen LogP contribution in [0.1, 0.15) is 45.4 Å². The molecule has 7 nitrogen and oxygen atoms in total. The van der Waals surface area contributed by atoms with Crippen LogP contribution in [-0.2, 0) is 9.53 Å². The molecule has 0 unspecified atom stereocenters. The molecule has 3 saturated heterocycles. The zero-order valence-electron chi connectivity index (χ0n) is 17.9. The standard InChI is InChI=1S/C23H33N3O4/c1-2-12-26(22(28)29)19-6-4-18(5-7-19)24-13-3-10-23(17-24)11-14-25(21(23)27)20-8-15-30-16-9-20/h4-7,20H,2-3,8-17H2,1H3,(H,28,29)/t23-/m0/s1. The number of hydrogen-bond acceptors (Lipinski definition) is 4. The normalized spacial score (nSPS) is 25.2. The van der Waals surface area contributed by atoms with Gasteiger partial charge in [0.25, 0.3) is 0 Å². The average Bonchev–Trinajstić information content (AvgIpc) is 3.08. The second-order valence-electron chi connectivity index (χ2n) is 8.85. The quantitative estimate of drug-likeness (QED) is 0.796. The van der Waals surface area contributed by atoms with Crippen molar-refractivity contribution < 1.29 is 19.4 Å². The van der Waals surface area contributed by atoms with E-state index in [0.717, 1.165) is 77.1 Å². The van der Waals surface area contributed by atoms with E-state index in [-0.39, 0.29) is 5.41 Å². The molecular formula is C23H33N3O4. The smallest absolute Gasteiger partial charge is 0.411 e. The van der Waals surface area contributed by atoms with Gasteiger partial charge in [0.2, 0.25) is 5.91 Å². The molecule has 0 bridgehead atoms. The van der Waals surface area contributed by atoms with Gasteiger partial charge in [-0.25, -0.2) is 4.79 Å². The Kier molecular flexibility index (Phi) is 6.18. The third kappa shape index (κ3) is 4.00. The van der Waals surface area contributed by atoms with E-state index < -0.39 is 6.09 Å². The Morgan fingerprint density at radius 1 is 1.20 bits per heavy atom. The number of carboxylic acid groups (broad SMARTS) is 1. The highest BCUT2D eigenvalue weighted by molar-refractivity contribution is 5.87. The molecule has 1 aromatic rings. The lowest BCUT2D eigenvalue weighted by Gasteiger charge is -2.41. The zero-order valence-corrected chi connectivity index (χ0v) is 17.9. The number of anilines is 2. The van der Waals surface area contributed by atoms with Gasteiger partial charge in [-0.15, -0.1) is 0 Å². The van der Waals surface area contributed by atoms with E-state index in [9.17, 15) is 14.7 Å². The molecular weight excluding hydrogens is 382 g/mol. The fourth-order valence-corrected chi connectivity index (χ4v) is 5.33. The Labute approximate surface area is 178 Å². The molecule has 3 fully saturated rings. The number of carbonyl (C=O) groups excluding carboxylic acids is 1. The van der Waals surface area contributed by atoms with Crippen LogP contribution in [0.2, 0.25) is 0 Å². The van der Waals surface area contributed by atoms with Crippen molar-refractivity contribution in [3.05, 3.63) is 24.3 Å². The summed E-state index contributed by atoms with van der Waals surface area (Å²) < 4.78 is 5.48. The highest BCUT2D eigenvalue weighted by Gasteiger charge is 2.50. The number of ether oxygens (including phenoxy) is 1. The number of amides is 2. The summed E-state index contributed by atoms with van der Waals surface area (Å²) in [6.07, 6.45) is 4.65. The van der Waals surface area contributed by atoms with Crippen molar-refractivity contribution in [1.29, 1.82) is 0 Å². The maximum atomic E-state index is 13.4. The van der Waals surface area contributed by atoms with Crippen molar-refractivity contribution in [3.63, 3.8) is 0 Å². The number of nitrogens with zero attached hydrogens (tertiary/aromatic N) is 3. The molecule has 1 atom stereocenters. The fraction of sp³-hybridized carbons (Fsp3) is 0.652. The first-order valence-corrected chi connectivity index (χ1v) is 11.3. The third-order valence-corrected chi connectivity index (χ3v) is 6.96. The van der Waals surface area contributed by atoms with Crippen LogP contribution < -0.4 is 9.80 Å². The Bertz CT molecular complexity index is 762. The van der Waals surface area contributed by atoms with Gasteiger partial charge in [0, 0.05) is 56.8 Å². The van der Waals surface area contributed by atoms with Crippen molar-refractivity contribution in [2.75, 3.05) is 49.2 Å². The highest BCUT2D eigenvalue weighted by atomic mass is 16.5. The van der Waals surface area contributed by atoms with Crippen molar-refractivity contribution in [2.45, 2.75) is 51.5 Å². The Balaban J connectivity index is 1.46. The lowest BCUT2D eigenvalue weighted by molar-refractivity contribution is -0.139. The topological polar surface area (TPSA) is 73.3 Å². The van der Waals surface area contributed by atoms with Crippen LogP contribution in [0.15, 0.2) is 24.3 Å². The van der Waals surface area contributed by atoms with Gasteiger partial charge in [-0.3, -0.25) is 9.69 Å². The Morgan fingerprint density at radius 3 is 2.60 bits per heavy atom. The molecule has 0 aliphatic carbocycles. The summed E-state index contributed by atoms with van der Waals surface area (Å²) in [5.41, 5.74) is 1.49. The number of likely N-dealkylation sites (tertiary alicyclic amines) is 1. The summed E-state index contributed by atoms with van der Waals surface area (Å²) in [4.78, 5) is 30.8. The second-order valence-corrected chi connectivity index (χ2v) is 8.85. The summed E-state index contributed by atoms with van der Waals surface area (Å²) in [7, 11) is 0. The van der Waals surface area contributed by atoms with E-state index in [4.69, 9.17) is 4.74 Å². The lowest BCUT2D eigenvalue weighted by Crippen LogP contribution is -2.50. The summed E-state index contributed by atoms with van der Waals surface area (Å²) in [5.74, 6) is 0.329. The van der Waals surface area contributed by atoms with Gasteiger partial charge < -0.3 is 19.6 Å². The van der Waals surface area contributed by atoms with Crippen LogP contribution >= 0.6 is 0 Å². The minimum absolute atomic E-state index is 0.273.